The number of allylic oxidation sites excluding steroid dienone is 3. The predicted molar refractivity (Wildman–Crippen MR) is 141 cm³/mol. The number of ether oxygens (including phenoxy) is 1. The van der Waals surface area contributed by atoms with Crippen LogP contribution in [0.4, 0.5) is 4.79 Å². The summed E-state index contributed by atoms with van der Waals surface area (Å²) in [6.45, 7) is 11.3. The van der Waals surface area contributed by atoms with Crippen LogP contribution in [0.15, 0.2) is 61.4 Å². The fourth-order valence-electron chi connectivity index (χ4n) is 5.05. The molecule has 0 radical (unpaired) electrons. The Bertz CT molecular complexity index is 1090. The van der Waals surface area contributed by atoms with Crippen LogP contribution in [0.3, 0.4) is 0 Å². The highest BCUT2D eigenvalue weighted by atomic mass is 35.5. The van der Waals surface area contributed by atoms with Crippen molar-refractivity contribution in [2.45, 2.75) is 38.1 Å². The number of likely N-dealkylation sites (N-methyl/N-ethyl adjacent to an activating group) is 1. The first-order chi connectivity index (χ1) is 17.8. The van der Waals surface area contributed by atoms with E-state index in [0.717, 1.165) is 5.56 Å². The third-order valence-corrected chi connectivity index (χ3v) is 7.24. The van der Waals surface area contributed by atoms with Gasteiger partial charge < -0.3 is 19.4 Å². The highest BCUT2D eigenvalue weighted by molar-refractivity contribution is 6.30. The van der Waals surface area contributed by atoms with E-state index in [1.54, 1.807) is 15.9 Å². The Hall–Kier alpha value is -3.57. The Morgan fingerprint density at radius 2 is 1.84 bits per heavy atom. The van der Waals surface area contributed by atoms with E-state index in [0.29, 0.717) is 56.3 Å². The van der Waals surface area contributed by atoms with Gasteiger partial charge in [-0.15, -0.1) is 0 Å². The van der Waals surface area contributed by atoms with Gasteiger partial charge in [0.2, 0.25) is 11.8 Å². The summed E-state index contributed by atoms with van der Waals surface area (Å²) in [5, 5.41) is 9.40. The summed E-state index contributed by atoms with van der Waals surface area (Å²) in [5.74, 6) is -0.206. The first-order valence-corrected chi connectivity index (χ1v) is 12.8. The van der Waals surface area contributed by atoms with E-state index in [2.05, 4.69) is 13.2 Å². The molecule has 1 aromatic rings. The summed E-state index contributed by atoms with van der Waals surface area (Å²) < 4.78 is 5.55. The molecule has 2 fully saturated rings. The van der Waals surface area contributed by atoms with Gasteiger partial charge in [-0.2, -0.15) is 5.26 Å². The fraction of sp³-hybridized carbons (Fsp3) is 0.429. The van der Waals surface area contributed by atoms with E-state index in [4.69, 9.17) is 21.6 Å². The monoisotopic (exact) mass is 524 g/mol. The minimum atomic E-state index is -0.516. The number of rotatable bonds is 8. The molecule has 1 aromatic carbocycles. The van der Waals surface area contributed by atoms with Crippen LogP contribution in [0, 0.1) is 17.2 Å². The molecule has 9 heteroatoms. The summed E-state index contributed by atoms with van der Waals surface area (Å²) in [6, 6.07) is 9.07. The number of halogens is 1. The molecular weight excluding hydrogens is 492 g/mol. The number of nitrogens with zero attached hydrogens (tertiary/aromatic N) is 4. The Balaban J connectivity index is 1.79. The Kier molecular flexibility index (Phi) is 9.93. The van der Waals surface area contributed by atoms with Crippen molar-refractivity contribution in [3.8, 4) is 6.07 Å². The number of benzene rings is 1. The van der Waals surface area contributed by atoms with Gasteiger partial charge in [0.05, 0.1) is 12.1 Å². The van der Waals surface area contributed by atoms with Gasteiger partial charge in [-0.25, -0.2) is 4.79 Å². The molecule has 0 aliphatic carbocycles. The molecule has 2 unspecified atom stereocenters. The summed E-state index contributed by atoms with van der Waals surface area (Å²) in [6.07, 6.45) is 4.97. The summed E-state index contributed by atoms with van der Waals surface area (Å²) >= 11 is 6.11. The third kappa shape index (κ3) is 6.80. The van der Waals surface area contributed by atoms with Crippen LogP contribution in [0.5, 0.6) is 0 Å². The van der Waals surface area contributed by atoms with Crippen molar-refractivity contribution < 1.29 is 19.1 Å². The molecule has 196 valence electrons. The van der Waals surface area contributed by atoms with Crippen molar-refractivity contribution in [3.63, 3.8) is 0 Å². The van der Waals surface area contributed by atoms with Crippen molar-refractivity contribution in [2.75, 3.05) is 32.7 Å². The lowest BCUT2D eigenvalue weighted by Crippen LogP contribution is -2.46. The van der Waals surface area contributed by atoms with Crippen LogP contribution < -0.4 is 0 Å². The van der Waals surface area contributed by atoms with E-state index in [1.165, 1.54) is 12.2 Å². The van der Waals surface area contributed by atoms with E-state index < -0.39 is 6.09 Å². The van der Waals surface area contributed by atoms with E-state index in [-0.39, 0.29) is 36.1 Å². The molecule has 3 rings (SSSR count). The lowest BCUT2D eigenvalue weighted by Gasteiger charge is -2.33. The highest BCUT2D eigenvalue weighted by Gasteiger charge is 2.43. The van der Waals surface area contributed by atoms with Crippen LogP contribution in [0.2, 0.25) is 5.02 Å². The maximum Gasteiger partial charge on any atom is 0.415 e. The molecule has 0 aromatic heterocycles. The second-order valence-corrected chi connectivity index (χ2v) is 9.56. The molecular formula is C28H33ClN4O4. The average Bonchev–Trinajstić information content (AvgIpc) is 3.34. The van der Waals surface area contributed by atoms with Crippen molar-refractivity contribution in [3.05, 3.63) is 72.0 Å². The first-order valence-electron chi connectivity index (χ1n) is 12.4. The Morgan fingerprint density at radius 3 is 2.41 bits per heavy atom. The van der Waals surface area contributed by atoms with Gasteiger partial charge in [0.1, 0.15) is 12.2 Å². The fourth-order valence-corrected chi connectivity index (χ4v) is 5.18. The third-order valence-electron chi connectivity index (χ3n) is 6.99. The molecule has 0 saturated carbocycles. The molecule has 8 nitrogen and oxygen atoms in total. The van der Waals surface area contributed by atoms with Gasteiger partial charge in [-0.05, 0) is 49.6 Å². The van der Waals surface area contributed by atoms with Gasteiger partial charge in [0.25, 0.3) is 0 Å². The van der Waals surface area contributed by atoms with Crippen LogP contribution in [0.1, 0.15) is 37.7 Å². The molecule has 0 bridgehead atoms. The van der Waals surface area contributed by atoms with Crippen molar-refractivity contribution in [2.24, 2.45) is 5.92 Å². The zero-order valence-corrected chi connectivity index (χ0v) is 21.9. The van der Waals surface area contributed by atoms with E-state index in [9.17, 15) is 14.4 Å². The zero-order chi connectivity index (χ0) is 26.9. The summed E-state index contributed by atoms with van der Waals surface area (Å²) in [4.78, 5) is 43.9. The molecule has 2 heterocycles. The second-order valence-electron chi connectivity index (χ2n) is 9.12. The zero-order valence-electron chi connectivity index (χ0n) is 21.1. The Morgan fingerprint density at radius 1 is 1.16 bits per heavy atom. The van der Waals surface area contributed by atoms with Crippen LogP contribution in [0.25, 0.3) is 0 Å². The molecule has 2 aliphatic rings. The molecule has 3 amide bonds. The van der Waals surface area contributed by atoms with Gasteiger partial charge in [-0.3, -0.25) is 9.59 Å². The lowest BCUT2D eigenvalue weighted by molar-refractivity contribution is -0.139. The number of likely N-dealkylation sites (tertiary alicyclic amines) is 2. The average molecular weight is 525 g/mol. The van der Waals surface area contributed by atoms with Crippen LogP contribution in [-0.2, 0) is 14.3 Å². The molecule has 0 N–H and O–H groups in total. The number of hydrogen-bond donors (Lipinski definition) is 0. The van der Waals surface area contributed by atoms with Gasteiger partial charge >= 0.3 is 6.09 Å². The van der Waals surface area contributed by atoms with Crippen molar-refractivity contribution >= 4 is 29.5 Å². The molecule has 37 heavy (non-hydrogen) atoms. The normalized spacial score (nSPS) is 20.2. The van der Waals surface area contributed by atoms with Gasteiger partial charge in [-0.1, -0.05) is 43.0 Å². The second kappa shape index (κ2) is 13.1. The number of piperidine rings is 1. The predicted octanol–water partition coefficient (Wildman–Crippen LogP) is 4.50. The molecule has 2 saturated heterocycles. The SMILES string of the molecule is C=CC=C(C=C)OC(=O)N(CC)C1CN(C(=O)C2CCN(C(=O)CC#N)CC2)CC1c1ccc(Cl)cc1. The maximum absolute atomic E-state index is 13.6. The standard InChI is InChI=1S/C28H33ClN4O4/c1-4-7-23(5-2)37-28(36)33(6-3)25-19-32(18-24(25)20-8-10-22(29)11-9-20)27(35)21-13-16-31(17-14-21)26(34)12-15-30/h4-5,7-11,21,24-25H,1-2,6,12-14,16-19H2,3H3. The van der Waals surface area contributed by atoms with Gasteiger partial charge in [0, 0.05) is 49.6 Å². The Labute approximate surface area is 223 Å². The number of carbonyl (C=O) groups is 3. The molecule has 2 atom stereocenters. The smallest absolute Gasteiger partial charge is 0.410 e. The maximum atomic E-state index is 13.6. The first kappa shape index (κ1) is 28.0. The lowest BCUT2D eigenvalue weighted by atomic mass is 9.93. The van der Waals surface area contributed by atoms with Crippen LogP contribution >= 0.6 is 11.6 Å². The van der Waals surface area contributed by atoms with Crippen molar-refractivity contribution in [1.82, 2.24) is 14.7 Å². The summed E-state index contributed by atoms with van der Waals surface area (Å²) in [5.41, 5.74) is 0.985. The summed E-state index contributed by atoms with van der Waals surface area (Å²) in [7, 11) is 0. The number of carbonyl (C=O) groups excluding carboxylic acids is 3. The number of nitriles is 1. The van der Waals surface area contributed by atoms with Crippen LogP contribution in [-0.4, -0.2) is 71.4 Å². The highest BCUT2D eigenvalue weighted by Crippen LogP contribution is 2.34. The van der Waals surface area contributed by atoms with Gasteiger partial charge in [0.15, 0.2) is 0 Å². The largest absolute Gasteiger partial charge is 0.415 e. The molecule has 0 spiro atoms. The van der Waals surface area contributed by atoms with E-state index >= 15 is 0 Å². The quantitative estimate of drug-likeness (QED) is 0.368. The van der Waals surface area contributed by atoms with Crippen molar-refractivity contribution in [1.29, 1.82) is 5.26 Å². The number of amides is 3. The minimum absolute atomic E-state index is 0.0246. The topological polar surface area (TPSA) is 93.9 Å². The van der Waals surface area contributed by atoms with E-state index in [1.807, 2.05) is 42.2 Å². The number of hydrogen-bond acceptors (Lipinski definition) is 5. The molecule has 2 aliphatic heterocycles. The minimum Gasteiger partial charge on any atom is -0.410 e.